The van der Waals surface area contributed by atoms with Crippen molar-refractivity contribution in [2.24, 2.45) is 0 Å². The van der Waals surface area contributed by atoms with E-state index in [1.807, 2.05) is 29.1 Å². The Kier molecular flexibility index (Phi) is 2.49. The third-order valence-corrected chi connectivity index (χ3v) is 2.18. The average molecular weight is 202 g/mol. The number of hydrogen-bond acceptors (Lipinski definition) is 2. The fourth-order valence-corrected chi connectivity index (χ4v) is 1.41. The van der Waals surface area contributed by atoms with Crippen LogP contribution in [0.1, 0.15) is 5.56 Å². The van der Waals surface area contributed by atoms with Gasteiger partial charge in [-0.25, -0.2) is 0 Å². The maximum Gasteiger partial charge on any atom is 0.269 e. The van der Waals surface area contributed by atoms with Crippen LogP contribution in [0.2, 0.25) is 0 Å². The Hall–Kier alpha value is -2.10. The zero-order valence-electron chi connectivity index (χ0n) is 8.04. The molecule has 0 aliphatic heterocycles. The highest BCUT2D eigenvalue weighted by Gasteiger charge is 2.03. The van der Waals surface area contributed by atoms with Gasteiger partial charge in [-0.3, -0.25) is 10.1 Å². The van der Waals surface area contributed by atoms with E-state index in [1.54, 1.807) is 12.1 Å². The fraction of sp³-hybridized carbons (Fsp3) is 0.0909. The second-order valence-corrected chi connectivity index (χ2v) is 3.28. The van der Waals surface area contributed by atoms with Crippen LogP contribution in [0.25, 0.3) is 0 Å². The lowest BCUT2D eigenvalue weighted by atomic mass is 10.2. The molecule has 0 bridgehead atoms. The van der Waals surface area contributed by atoms with Crippen molar-refractivity contribution in [2.45, 2.75) is 6.54 Å². The summed E-state index contributed by atoms with van der Waals surface area (Å²) in [5, 5.41) is 10.4. The van der Waals surface area contributed by atoms with E-state index in [-0.39, 0.29) is 10.6 Å². The minimum absolute atomic E-state index is 0.131. The SMILES string of the molecule is O=[N+]([O-])c1ccc(Cn2cccc2)cc1. The maximum absolute atomic E-state index is 10.4. The minimum Gasteiger partial charge on any atom is -0.350 e. The van der Waals surface area contributed by atoms with Crippen molar-refractivity contribution < 1.29 is 4.92 Å². The summed E-state index contributed by atoms with van der Waals surface area (Å²) in [7, 11) is 0. The van der Waals surface area contributed by atoms with Gasteiger partial charge in [0.25, 0.3) is 5.69 Å². The Bertz CT molecular complexity index is 446. The van der Waals surface area contributed by atoms with Crippen molar-refractivity contribution in [3.8, 4) is 0 Å². The van der Waals surface area contributed by atoms with Crippen LogP contribution in [0.15, 0.2) is 48.8 Å². The van der Waals surface area contributed by atoms with Crippen molar-refractivity contribution in [3.63, 3.8) is 0 Å². The van der Waals surface area contributed by atoms with Crippen LogP contribution in [0, 0.1) is 10.1 Å². The smallest absolute Gasteiger partial charge is 0.269 e. The molecule has 0 aliphatic carbocycles. The predicted molar refractivity (Wildman–Crippen MR) is 56.6 cm³/mol. The molecule has 0 saturated heterocycles. The van der Waals surface area contributed by atoms with Crippen LogP contribution in [0.5, 0.6) is 0 Å². The third-order valence-electron chi connectivity index (χ3n) is 2.18. The largest absolute Gasteiger partial charge is 0.350 e. The Labute approximate surface area is 86.9 Å². The van der Waals surface area contributed by atoms with Gasteiger partial charge in [-0.2, -0.15) is 0 Å². The summed E-state index contributed by atoms with van der Waals surface area (Å²) < 4.78 is 2.02. The first-order chi connectivity index (χ1) is 7.25. The number of nitro benzene ring substituents is 1. The first-order valence-corrected chi connectivity index (χ1v) is 4.60. The average Bonchev–Trinajstić information content (AvgIpc) is 2.71. The summed E-state index contributed by atoms with van der Waals surface area (Å²) in [5.41, 5.74) is 1.18. The number of aromatic nitrogens is 1. The quantitative estimate of drug-likeness (QED) is 0.567. The zero-order valence-corrected chi connectivity index (χ0v) is 8.04. The number of benzene rings is 1. The number of nitrogens with zero attached hydrogens (tertiary/aromatic N) is 2. The summed E-state index contributed by atoms with van der Waals surface area (Å²) in [6.45, 7) is 0.741. The molecular weight excluding hydrogens is 192 g/mol. The molecule has 76 valence electrons. The second-order valence-electron chi connectivity index (χ2n) is 3.28. The molecule has 0 unspecified atom stereocenters. The van der Waals surface area contributed by atoms with Gasteiger partial charge >= 0.3 is 0 Å². The Morgan fingerprint density at radius 2 is 1.73 bits per heavy atom. The number of hydrogen-bond donors (Lipinski definition) is 0. The summed E-state index contributed by atoms with van der Waals surface area (Å²) >= 11 is 0. The monoisotopic (exact) mass is 202 g/mol. The molecule has 0 spiro atoms. The van der Waals surface area contributed by atoms with Crippen LogP contribution in [0.4, 0.5) is 5.69 Å². The van der Waals surface area contributed by atoms with E-state index in [0.717, 1.165) is 12.1 Å². The first-order valence-electron chi connectivity index (χ1n) is 4.60. The Morgan fingerprint density at radius 3 is 2.27 bits per heavy atom. The van der Waals surface area contributed by atoms with Crippen molar-refractivity contribution >= 4 is 5.69 Å². The molecule has 0 amide bonds. The molecule has 4 nitrogen and oxygen atoms in total. The van der Waals surface area contributed by atoms with Gasteiger partial charge in [-0.15, -0.1) is 0 Å². The molecule has 4 heteroatoms. The highest BCUT2D eigenvalue weighted by Crippen LogP contribution is 2.12. The molecule has 15 heavy (non-hydrogen) atoms. The number of nitro groups is 1. The molecule has 2 rings (SSSR count). The maximum atomic E-state index is 10.4. The van der Waals surface area contributed by atoms with Crippen LogP contribution >= 0.6 is 0 Å². The van der Waals surface area contributed by atoms with Gasteiger partial charge in [0.1, 0.15) is 0 Å². The molecular formula is C11H10N2O2. The third kappa shape index (κ3) is 2.22. The van der Waals surface area contributed by atoms with E-state index < -0.39 is 0 Å². The van der Waals surface area contributed by atoms with Gasteiger partial charge in [-0.05, 0) is 17.7 Å². The van der Waals surface area contributed by atoms with E-state index in [0.29, 0.717) is 0 Å². The number of non-ortho nitro benzene ring substituents is 1. The van der Waals surface area contributed by atoms with Crippen molar-refractivity contribution in [1.29, 1.82) is 0 Å². The summed E-state index contributed by atoms with van der Waals surface area (Å²) in [6, 6.07) is 10.5. The molecule has 0 radical (unpaired) electrons. The van der Waals surface area contributed by atoms with E-state index in [9.17, 15) is 10.1 Å². The van der Waals surface area contributed by atoms with Gasteiger partial charge in [0.05, 0.1) is 4.92 Å². The lowest BCUT2D eigenvalue weighted by molar-refractivity contribution is -0.384. The molecule has 0 saturated carbocycles. The Morgan fingerprint density at radius 1 is 1.13 bits per heavy atom. The lowest BCUT2D eigenvalue weighted by Gasteiger charge is -2.02. The zero-order chi connectivity index (χ0) is 10.7. The van der Waals surface area contributed by atoms with Crippen molar-refractivity contribution in [3.05, 3.63) is 64.5 Å². The Balaban J connectivity index is 2.14. The molecule has 0 fully saturated rings. The van der Waals surface area contributed by atoms with Crippen LogP contribution in [0.3, 0.4) is 0 Å². The number of rotatable bonds is 3. The van der Waals surface area contributed by atoms with Crippen molar-refractivity contribution in [1.82, 2.24) is 4.57 Å². The summed E-state index contributed by atoms with van der Waals surface area (Å²) in [5.74, 6) is 0. The van der Waals surface area contributed by atoms with Crippen molar-refractivity contribution in [2.75, 3.05) is 0 Å². The molecule has 0 N–H and O–H groups in total. The topological polar surface area (TPSA) is 48.1 Å². The van der Waals surface area contributed by atoms with E-state index in [4.69, 9.17) is 0 Å². The van der Waals surface area contributed by atoms with Gasteiger partial charge in [0, 0.05) is 31.1 Å². The highest BCUT2D eigenvalue weighted by atomic mass is 16.6. The van der Waals surface area contributed by atoms with Gasteiger partial charge in [-0.1, -0.05) is 12.1 Å². The molecule has 2 aromatic rings. The lowest BCUT2D eigenvalue weighted by Crippen LogP contribution is -1.96. The van der Waals surface area contributed by atoms with Gasteiger partial charge < -0.3 is 4.57 Å². The summed E-state index contributed by atoms with van der Waals surface area (Å²) in [4.78, 5) is 10.0. The van der Waals surface area contributed by atoms with Gasteiger partial charge in [0.2, 0.25) is 0 Å². The standard InChI is InChI=1S/C11H10N2O2/c14-13(15)11-5-3-10(4-6-11)9-12-7-1-2-8-12/h1-8H,9H2. The molecule has 0 aliphatic rings. The first kappa shape index (κ1) is 9.45. The predicted octanol–water partition coefficient (Wildman–Crippen LogP) is 2.44. The normalized spacial score (nSPS) is 10.1. The summed E-state index contributed by atoms with van der Waals surface area (Å²) in [6.07, 6.45) is 3.92. The van der Waals surface area contributed by atoms with Gasteiger partial charge in [0.15, 0.2) is 0 Å². The van der Waals surface area contributed by atoms with Crippen LogP contribution in [-0.2, 0) is 6.54 Å². The van der Waals surface area contributed by atoms with E-state index in [1.165, 1.54) is 12.1 Å². The molecule has 1 aromatic carbocycles. The van der Waals surface area contributed by atoms with Crippen LogP contribution < -0.4 is 0 Å². The van der Waals surface area contributed by atoms with E-state index >= 15 is 0 Å². The molecule has 0 atom stereocenters. The molecule has 1 aromatic heterocycles. The fourth-order valence-electron chi connectivity index (χ4n) is 1.41. The highest BCUT2D eigenvalue weighted by molar-refractivity contribution is 5.32. The molecule has 1 heterocycles. The minimum atomic E-state index is -0.389. The van der Waals surface area contributed by atoms with Crippen LogP contribution in [-0.4, -0.2) is 9.49 Å². The second kappa shape index (κ2) is 3.96. The van der Waals surface area contributed by atoms with E-state index in [2.05, 4.69) is 0 Å².